The molecular weight excluding hydrogens is 115 g/mol. The van der Waals surface area contributed by atoms with Crippen molar-refractivity contribution in [3.63, 3.8) is 0 Å². The van der Waals surface area contributed by atoms with Crippen LogP contribution >= 0.6 is 0 Å². The molecule has 0 aliphatic rings. The minimum atomic E-state index is -1.41. The van der Waals surface area contributed by atoms with Gasteiger partial charge in [-0.1, -0.05) is 0 Å². The summed E-state index contributed by atoms with van der Waals surface area (Å²) in [5.74, 6) is 0. The Balaban J connectivity index is 0. The van der Waals surface area contributed by atoms with E-state index in [9.17, 15) is 0 Å². The first-order chi connectivity index (χ1) is 1.91. The van der Waals surface area contributed by atoms with Gasteiger partial charge in [-0.3, -0.25) is 0 Å². The van der Waals surface area contributed by atoms with Gasteiger partial charge >= 0.3 is 66.2 Å². The van der Waals surface area contributed by atoms with E-state index in [4.69, 9.17) is 9.06 Å². The summed E-state index contributed by atoms with van der Waals surface area (Å²) in [4.78, 5) is 0. The van der Waals surface area contributed by atoms with Crippen LogP contribution in [0, 0.1) is 0 Å². The average molecular weight is 118 g/mol. The minimum absolute atomic E-state index is 0. The predicted octanol–water partition coefficient (Wildman–Crippen LogP) is -1.48. The van der Waals surface area contributed by atoms with E-state index < -0.39 is 15.5 Å². The zero-order valence-electron chi connectivity index (χ0n) is 1.84. The van der Waals surface area contributed by atoms with Gasteiger partial charge in [0, 0.05) is 0 Å². The van der Waals surface area contributed by atoms with Crippen molar-refractivity contribution in [2.24, 2.45) is 0 Å². The second-order valence-electron chi connectivity index (χ2n) is 0.202. The van der Waals surface area contributed by atoms with Crippen molar-refractivity contribution in [1.29, 1.82) is 0 Å². The van der Waals surface area contributed by atoms with Crippen LogP contribution in [0.3, 0.4) is 0 Å². The van der Waals surface area contributed by atoms with Crippen molar-refractivity contribution >= 4 is 53.2 Å². The van der Waals surface area contributed by atoms with Gasteiger partial charge in [-0.25, -0.2) is 0 Å². The second kappa shape index (κ2) is 9.02. The number of hydrogen-bond donors (Lipinski definition) is 1. The van der Waals surface area contributed by atoms with Crippen LogP contribution in [0.2, 0.25) is 0 Å². The molecule has 0 unspecified atom stereocenters. The molecule has 0 aromatic carbocycles. The van der Waals surface area contributed by atoms with Crippen LogP contribution in [-0.4, -0.2) is 58.5 Å². The molecule has 0 rings (SSSR count). The molecule has 0 aromatic rings. The van der Waals surface area contributed by atoms with Gasteiger partial charge in [-0.2, -0.15) is 0 Å². The standard InChI is InChI=1S/Al.Ca.H2O2.O.2H/c;;1-2;;;/h;;1-2H;;;/q+1;;;;;/p-1. The molecule has 5 heavy (non-hydrogen) atoms. The molecule has 3 nitrogen and oxygen atoms in total. The van der Waals surface area contributed by atoms with Crippen molar-refractivity contribution < 1.29 is 13.0 Å². The summed E-state index contributed by atoms with van der Waals surface area (Å²) in [6.45, 7) is 0. The van der Waals surface area contributed by atoms with E-state index in [1.807, 2.05) is 0 Å². The molecule has 26 valence electrons. The predicted molar refractivity (Wildman–Crippen MR) is 18.7 cm³/mol. The fourth-order valence-electron chi connectivity index (χ4n) is 0. The molecule has 0 radical (unpaired) electrons. The Kier molecular flexibility index (Phi) is 17.3. The maximum atomic E-state index is 8.91. The Morgan fingerprint density at radius 3 is 2.00 bits per heavy atom. The molecular formula is H3AlCaO3. The third-order valence-electron chi connectivity index (χ3n) is 0.0430. The van der Waals surface area contributed by atoms with Crippen molar-refractivity contribution in [2.45, 2.75) is 0 Å². The van der Waals surface area contributed by atoms with Crippen LogP contribution < -0.4 is 0 Å². The summed E-state index contributed by atoms with van der Waals surface area (Å²) in [7, 11) is 0. The molecule has 0 amide bonds. The maximum absolute atomic E-state index is 8.91. The zero-order chi connectivity index (χ0) is 3.41. The molecule has 0 bridgehead atoms. The van der Waals surface area contributed by atoms with Crippen molar-refractivity contribution in [3.8, 4) is 0 Å². The molecule has 0 fully saturated rings. The van der Waals surface area contributed by atoms with Crippen LogP contribution in [0.15, 0.2) is 0 Å². The van der Waals surface area contributed by atoms with Gasteiger partial charge in [-0.15, -0.1) is 0 Å². The molecule has 0 saturated carbocycles. The molecule has 0 aliphatic carbocycles. The van der Waals surface area contributed by atoms with Crippen LogP contribution in [-0.2, 0) is 7.74 Å². The van der Waals surface area contributed by atoms with Crippen LogP contribution in [0.4, 0.5) is 0 Å². The van der Waals surface area contributed by atoms with E-state index in [0.29, 0.717) is 0 Å². The molecule has 0 heterocycles. The average Bonchev–Trinajstić information content (AvgIpc) is 1.37. The van der Waals surface area contributed by atoms with E-state index in [-0.39, 0.29) is 37.7 Å². The Labute approximate surface area is 65.5 Å². The number of rotatable bonds is 1. The molecule has 0 aromatic heterocycles. The van der Waals surface area contributed by atoms with Gasteiger partial charge in [-0.05, 0) is 0 Å². The topological polar surface area (TPSA) is 46.5 Å². The quantitative estimate of drug-likeness (QED) is 0.259. The summed E-state index contributed by atoms with van der Waals surface area (Å²) in [6.07, 6.45) is 0. The van der Waals surface area contributed by atoms with E-state index in [2.05, 4.69) is 3.94 Å². The normalized spacial score (nSPS) is 3.40. The fraction of sp³-hybridized carbons (Fsp3) is 0. The monoisotopic (exact) mass is 118 g/mol. The molecule has 0 aliphatic heterocycles. The fourth-order valence-corrected chi connectivity index (χ4v) is 0. The first kappa shape index (κ1) is 9.61. The molecule has 0 saturated heterocycles. The zero-order valence-corrected chi connectivity index (χ0v) is 3.00. The molecule has 1 N–H and O–H groups in total. The van der Waals surface area contributed by atoms with Crippen LogP contribution in [0.25, 0.3) is 0 Å². The van der Waals surface area contributed by atoms with Gasteiger partial charge in [0.1, 0.15) is 0 Å². The first-order valence-electron chi connectivity index (χ1n) is 0.654. The van der Waals surface area contributed by atoms with E-state index in [0.717, 1.165) is 0 Å². The molecule has 5 heteroatoms. The summed E-state index contributed by atoms with van der Waals surface area (Å²) in [5, 5.41) is 7.10. The van der Waals surface area contributed by atoms with Crippen molar-refractivity contribution in [1.82, 2.24) is 0 Å². The van der Waals surface area contributed by atoms with Gasteiger partial charge < -0.3 is 0 Å². The van der Waals surface area contributed by atoms with Gasteiger partial charge in [0.15, 0.2) is 0 Å². The third-order valence-corrected chi connectivity index (χ3v) is 0.129. The first-order valence-corrected chi connectivity index (χ1v) is 1.60. The van der Waals surface area contributed by atoms with Gasteiger partial charge in [0.25, 0.3) is 0 Å². The summed E-state index contributed by atoms with van der Waals surface area (Å²) in [6, 6.07) is 0. The Hall–Kier alpha value is 1.35. The molecule has 0 atom stereocenters. The second-order valence-corrected chi connectivity index (χ2v) is 0.605. The Bertz CT molecular complexity index is 20.9. The van der Waals surface area contributed by atoms with Crippen molar-refractivity contribution in [3.05, 3.63) is 0 Å². The van der Waals surface area contributed by atoms with Crippen LogP contribution in [0.5, 0.6) is 0 Å². The third kappa shape index (κ3) is 10.9. The van der Waals surface area contributed by atoms with E-state index in [1.165, 1.54) is 0 Å². The van der Waals surface area contributed by atoms with Crippen LogP contribution in [0.1, 0.15) is 0 Å². The van der Waals surface area contributed by atoms with Gasteiger partial charge in [0.05, 0.1) is 0 Å². The Morgan fingerprint density at radius 2 is 2.00 bits per heavy atom. The van der Waals surface area contributed by atoms with E-state index in [1.54, 1.807) is 0 Å². The molecule has 0 spiro atoms. The summed E-state index contributed by atoms with van der Waals surface area (Å²) >= 11 is -1.41. The van der Waals surface area contributed by atoms with Crippen molar-refractivity contribution in [2.75, 3.05) is 0 Å². The summed E-state index contributed by atoms with van der Waals surface area (Å²) < 4.78 is 12.0. The number of hydrogen-bond acceptors (Lipinski definition) is 3. The van der Waals surface area contributed by atoms with E-state index >= 15 is 0 Å². The Morgan fingerprint density at radius 1 is 1.80 bits per heavy atom. The SMILES string of the molecule is [CaH2].[O]=[Al][O]O. The summed E-state index contributed by atoms with van der Waals surface area (Å²) in [5.41, 5.74) is 0. The van der Waals surface area contributed by atoms with Gasteiger partial charge in [0.2, 0.25) is 0 Å².